The first-order valence-electron chi connectivity index (χ1n) is 12.6. The number of Topliss-reactive ketones (excluding diaryl/α,β-unsaturated/α-hetero) is 2. The second-order valence-corrected chi connectivity index (χ2v) is 12.7. The lowest BCUT2D eigenvalue weighted by molar-refractivity contribution is 0.0830. The molecule has 0 fully saturated rings. The Hall–Kier alpha value is -2.00. The predicted octanol–water partition coefficient (Wildman–Crippen LogP) is 10.6. The van der Waals surface area contributed by atoms with E-state index < -0.39 is 35.3 Å². The average Bonchev–Trinajstić information content (AvgIpc) is 3.40. The summed E-state index contributed by atoms with van der Waals surface area (Å²) in [5, 5.41) is 1.73. The Bertz CT molecular complexity index is 1740. The molecule has 0 spiro atoms. The number of para-hydroxylation sites is 1. The number of carbonyl (C=O) groups excluding carboxylic acids is 4. The van der Waals surface area contributed by atoms with Gasteiger partial charge in [-0.15, -0.1) is 0 Å². The van der Waals surface area contributed by atoms with Crippen molar-refractivity contribution in [2.45, 2.75) is 26.3 Å². The quantitative estimate of drug-likeness (QED) is 0.122. The monoisotopic (exact) mass is 736 g/mol. The van der Waals surface area contributed by atoms with Gasteiger partial charge in [-0.05, 0) is 11.6 Å². The van der Waals surface area contributed by atoms with Crippen molar-refractivity contribution in [3.63, 3.8) is 0 Å². The highest BCUT2D eigenvalue weighted by Crippen LogP contribution is 2.49. The molecule has 2 aliphatic heterocycles. The van der Waals surface area contributed by atoms with Crippen LogP contribution in [0.15, 0.2) is 24.3 Å². The van der Waals surface area contributed by atoms with E-state index in [0.29, 0.717) is 11.3 Å². The van der Waals surface area contributed by atoms with Gasteiger partial charge in [0.15, 0.2) is 11.6 Å². The minimum atomic E-state index is -1.29. The van der Waals surface area contributed by atoms with E-state index in [-0.39, 0.29) is 68.1 Å². The maximum atomic E-state index is 13.5. The van der Waals surface area contributed by atoms with Gasteiger partial charge >= 0.3 is 0 Å². The third kappa shape index (κ3) is 4.86. The van der Waals surface area contributed by atoms with E-state index in [2.05, 4.69) is 19.2 Å². The van der Waals surface area contributed by atoms with E-state index >= 15 is 0 Å². The van der Waals surface area contributed by atoms with Crippen LogP contribution in [0.4, 0.5) is 11.4 Å². The van der Waals surface area contributed by atoms with Gasteiger partial charge < -0.3 is 5.32 Å². The van der Waals surface area contributed by atoms with Crippen molar-refractivity contribution in [2.24, 2.45) is 5.92 Å². The number of carbonyl (C=O) groups is 4. The molecule has 222 valence electrons. The molecular formula is C29H16Cl8N2O4. The minimum absolute atomic E-state index is 0.120. The Labute approximate surface area is 285 Å². The molecule has 3 aliphatic rings. The molecule has 1 atom stereocenters. The van der Waals surface area contributed by atoms with E-state index in [0.717, 1.165) is 4.90 Å². The van der Waals surface area contributed by atoms with Crippen LogP contribution in [0.3, 0.4) is 0 Å². The minimum Gasteiger partial charge on any atom is -0.375 e. The molecule has 1 unspecified atom stereocenters. The zero-order valence-electron chi connectivity index (χ0n) is 21.9. The number of fused-ring (bicyclic) bond motifs is 3. The topological polar surface area (TPSA) is 83.6 Å². The SMILES string of the molecule is CCC.O=C1c2c(Cl)c(Cl)c(Cl)c(Cl)c2C(=O)C1C1C=Cc2cccc(N3C(=O)c4c(Cl)c(Cl)c(Cl)c(Cl)c4C3=O)c2N1. The maximum absolute atomic E-state index is 13.5. The van der Waals surface area contributed by atoms with Crippen LogP contribution in [0.25, 0.3) is 6.08 Å². The highest BCUT2D eigenvalue weighted by atomic mass is 35.5. The van der Waals surface area contributed by atoms with Crippen LogP contribution < -0.4 is 10.2 Å². The van der Waals surface area contributed by atoms with E-state index in [1.165, 1.54) is 12.5 Å². The van der Waals surface area contributed by atoms with Crippen LogP contribution in [0.1, 0.15) is 67.3 Å². The second kappa shape index (κ2) is 12.1. The van der Waals surface area contributed by atoms with Gasteiger partial charge in [0.05, 0.1) is 79.9 Å². The molecule has 3 aromatic carbocycles. The molecule has 0 bridgehead atoms. The number of nitrogens with zero attached hydrogens (tertiary/aromatic N) is 1. The lowest BCUT2D eigenvalue weighted by atomic mass is 9.90. The van der Waals surface area contributed by atoms with E-state index in [9.17, 15) is 19.2 Å². The van der Waals surface area contributed by atoms with Crippen molar-refractivity contribution in [3.05, 3.63) is 92.3 Å². The second-order valence-electron chi connectivity index (χ2n) is 9.64. The molecule has 6 rings (SSSR count). The van der Waals surface area contributed by atoms with Gasteiger partial charge in [-0.1, -0.05) is 137 Å². The number of nitrogens with one attached hydrogen (secondary N) is 1. The predicted molar refractivity (Wildman–Crippen MR) is 175 cm³/mol. The summed E-state index contributed by atoms with van der Waals surface area (Å²) in [7, 11) is 0. The van der Waals surface area contributed by atoms with Crippen LogP contribution in [-0.2, 0) is 0 Å². The number of amides is 2. The largest absolute Gasteiger partial charge is 0.375 e. The van der Waals surface area contributed by atoms with Crippen molar-refractivity contribution in [3.8, 4) is 0 Å². The van der Waals surface area contributed by atoms with Gasteiger partial charge in [0.1, 0.15) is 5.92 Å². The smallest absolute Gasteiger partial charge is 0.267 e. The van der Waals surface area contributed by atoms with Crippen molar-refractivity contribution in [2.75, 3.05) is 10.2 Å². The van der Waals surface area contributed by atoms with Crippen molar-refractivity contribution in [1.82, 2.24) is 0 Å². The summed E-state index contributed by atoms with van der Waals surface area (Å²) in [5.41, 5.74) is 0.347. The first kappa shape index (κ1) is 32.4. The molecular weight excluding hydrogens is 724 g/mol. The molecule has 0 saturated carbocycles. The maximum Gasteiger partial charge on any atom is 0.267 e. The van der Waals surface area contributed by atoms with Crippen LogP contribution in [0.2, 0.25) is 40.2 Å². The standard InChI is InChI=1S/C26H8Cl8N2O4.C3H8/c27-14-10-11(15(28)19(32)18(14)31)24(38)9(23(10)37)7-5-4-6-2-1-3-8(22(6)35-7)36-25(39)12-13(26(36)40)17(30)21(34)20(33)16(12)29;1-3-2/h1-5,7,9,35H;3H2,1-2H3. The number of rotatable bonds is 2. The average molecular weight is 740 g/mol. The van der Waals surface area contributed by atoms with E-state index in [4.69, 9.17) is 92.8 Å². The summed E-state index contributed by atoms with van der Waals surface area (Å²) in [5.74, 6) is -4.08. The van der Waals surface area contributed by atoms with Crippen molar-refractivity contribution >= 4 is 134 Å². The molecule has 2 heterocycles. The highest BCUT2D eigenvalue weighted by Gasteiger charge is 2.48. The summed E-state index contributed by atoms with van der Waals surface area (Å²) in [6.45, 7) is 4.25. The van der Waals surface area contributed by atoms with Gasteiger partial charge in [0.25, 0.3) is 11.8 Å². The molecule has 6 nitrogen and oxygen atoms in total. The van der Waals surface area contributed by atoms with Gasteiger partial charge in [-0.25, -0.2) is 4.90 Å². The number of benzene rings is 3. The fraction of sp³-hybridized carbons (Fsp3) is 0.172. The Morgan fingerprint density at radius 3 is 1.51 bits per heavy atom. The lowest BCUT2D eigenvalue weighted by Gasteiger charge is -2.29. The van der Waals surface area contributed by atoms with Gasteiger partial charge in [0.2, 0.25) is 0 Å². The van der Waals surface area contributed by atoms with Crippen LogP contribution in [0.5, 0.6) is 0 Å². The number of halogens is 8. The summed E-state index contributed by atoms with van der Waals surface area (Å²) in [6, 6.07) is 3.93. The van der Waals surface area contributed by atoms with Crippen LogP contribution in [0, 0.1) is 5.92 Å². The summed E-state index contributed by atoms with van der Waals surface area (Å²) in [4.78, 5) is 54.8. The number of ketones is 2. The number of hydrogen-bond donors (Lipinski definition) is 1. The first-order chi connectivity index (χ1) is 20.3. The number of imide groups is 1. The molecule has 1 N–H and O–H groups in total. The first-order valence-corrected chi connectivity index (χ1v) is 15.6. The molecule has 0 radical (unpaired) electrons. The fourth-order valence-corrected chi connectivity index (χ4v) is 7.13. The zero-order valence-corrected chi connectivity index (χ0v) is 27.9. The van der Waals surface area contributed by atoms with Crippen molar-refractivity contribution in [1.29, 1.82) is 0 Å². The number of anilines is 2. The third-order valence-electron chi connectivity index (χ3n) is 6.89. The molecule has 43 heavy (non-hydrogen) atoms. The lowest BCUT2D eigenvalue weighted by Crippen LogP contribution is -2.37. The number of hydrogen-bond acceptors (Lipinski definition) is 5. The molecule has 2 amide bonds. The zero-order chi connectivity index (χ0) is 31.7. The third-order valence-corrected chi connectivity index (χ3v) is 10.5. The Kier molecular flexibility index (Phi) is 9.09. The van der Waals surface area contributed by atoms with Gasteiger partial charge in [-0.2, -0.15) is 0 Å². The summed E-state index contributed by atoms with van der Waals surface area (Å²) < 4.78 is 0. The summed E-state index contributed by atoms with van der Waals surface area (Å²) >= 11 is 49.7. The molecule has 3 aromatic rings. The molecule has 0 aromatic heterocycles. The van der Waals surface area contributed by atoms with Gasteiger partial charge in [0, 0.05) is 0 Å². The fourth-order valence-electron chi connectivity index (χ4n) is 5.08. The molecule has 14 heteroatoms. The Balaban J connectivity index is 0.00000118. The normalized spacial score (nSPS) is 17.1. The Morgan fingerprint density at radius 2 is 1.07 bits per heavy atom. The molecule has 0 saturated heterocycles. The Morgan fingerprint density at radius 1 is 0.651 bits per heavy atom. The van der Waals surface area contributed by atoms with E-state index in [1.807, 2.05) is 0 Å². The van der Waals surface area contributed by atoms with E-state index in [1.54, 1.807) is 24.3 Å². The van der Waals surface area contributed by atoms with Crippen molar-refractivity contribution < 1.29 is 19.2 Å². The van der Waals surface area contributed by atoms with Gasteiger partial charge in [-0.3, -0.25) is 19.2 Å². The summed E-state index contributed by atoms with van der Waals surface area (Å²) in [6.07, 6.45) is 4.51. The highest BCUT2D eigenvalue weighted by molar-refractivity contribution is 6.57. The van der Waals surface area contributed by atoms with Crippen LogP contribution >= 0.6 is 92.8 Å². The molecule has 1 aliphatic carbocycles. The van der Waals surface area contributed by atoms with Crippen LogP contribution in [-0.4, -0.2) is 29.4 Å².